The Kier molecular flexibility index (Phi) is 5.76. The number of carbonyl (C=O) groups excluding carboxylic acids is 1. The molecule has 6 nitrogen and oxygen atoms in total. The third-order valence-corrected chi connectivity index (χ3v) is 7.40. The van der Waals surface area contributed by atoms with Gasteiger partial charge in [-0.3, -0.25) is 4.79 Å². The molecule has 26 heavy (non-hydrogen) atoms. The zero-order chi connectivity index (χ0) is 18.7. The summed E-state index contributed by atoms with van der Waals surface area (Å²) in [5.74, 6) is -0.184. The van der Waals surface area contributed by atoms with Gasteiger partial charge in [0.25, 0.3) is 5.91 Å². The zero-order valence-corrected chi connectivity index (χ0v) is 16.6. The van der Waals surface area contributed by atoms with Crippen LogP contribution in [0.3, 0.4) is 0 Å². The second-order valence-electron chi connectivity index (χ2n) is 6.32. The van der Waals surface area contributed by atoms with Crippen molar-refractivity contribution in [3.8, 4) is 0 Å². The Morgan fingerprint density at radius 2 is 2.15 bits per heavy atom. The minimum Gasteiger partial charge on any atom is -0.340 e. The van der Waals surface area contributed by atoms with E-state index in [0.29, 0.717) is 31.7 Å². The van der Waals surface area contributed by atoms with E-state index in [0.717, 1.165) is 12.0 Å². The first-order valence-electron chi connectivity index (χ1n) is 8.49. The number of nitrogens with zero attached hydrogens (tertiary/aromatic N) is 2. The van der Waals surface area contributed by atoms with Gasteiger partial charge in [0.2, 0.25) is 10.0 Å². The lowest BCUT2D eigenvalue weighted by atomic mass is 10.1. The predicted octanol–water partition coefficient (Wildman–Crippen LogP) is 1.79. The summed E-state index contributed by atoms with van der Waals surface area (Å²) in [5.41, 5.74) is 1.46. The Balaban J connectivity index is 1.82. The number of hydrogen-bond acceptors (Lipinski definition) is 5. The minimum absolute atomic E-state index is 0.170. The summed E-state index contributed by atoms with van der Waals surface area (Å²) in [6.07, 6.45) is 0.734. The summed E-state index contributed by atoms with van der Waals surface area (Å²) >= 11 is 1.67. The second-order valence-corrected chi connectivity index (χ2v) is 9.25. The van der Waals surface area contributed by atoms with Gasteiger partial charge in [0.05, 0.1) is 4.90 Å². The molecule has 140 valence electrons. The number of sulfonamides is 1. The molecule has 1 amide bonds. The van der Waals surface area contributed by atoms with Crippen LogP contribution in [0.15, 0.2) is 40.6 Å². The van der Waals surface area contributed by atoms with E-state index >= 15 is 0 Å². The van der Waals surface area contributed by atoms with Crippen LogP contribution in [-0.2, 0) is 23.0 Å². The SMILES string of the molecule is CNCCN(C)C(=O)c1cccc(S(=O)(=O)N2CCc3sccc3C2)c1. The van der Waals surface area contributed by atoms with Crippen LogP contribution in [0.25, 0.3) is 0 Å². The fraction of sp³-hybridized carbons (Fsp3) is 0.389. The van der Waals surface area contributed by atoms with E-state index in [9.17, 15) is 13.2 Å². The van der Waals surface area contributed by atoms with Crippen molar-refractivity contribution < 1.29 is 13.2 Å². The molecule has 0 saturated heterocycles. The number of benzene rings is 1. The van der Waals surface area contributed by atoms with Gasteiger partial charge in [-0.25, -0.2) is 8.42 Å². The molecule has 1 aliphatic heterocycles. The van der Waals surface area contributed by atoms with Crippen molar-refractivity contribution in [3.63, 3.8) is 0 Å². The van der Waals surface area contributed by atoms with E-state index in [1.165, 1.54) is 15.2 Å². The lowest BCUT2D eigenvalue weighted by Crippen LogP contribution is -2.35. The Morgan fingerprint density at radius 1 is 1.35 bits per heavy atom. The fourth-order valence-electron chi connectivity index (χ4n) is 2.97. The van der Waals surface area contributed by atoms with Crippen molar-refractivity contribution in [2.45, 2.75) is 17.9 Å². The van der Waals surface area contributed by atoms with E-state index < -0.39 is 10.0 Å². The van der Waals surface area contributed by atoms with E-state index in [-0.39, 0.29) is 10.8 Å². The topological polar surface area (TPSA) is 69.7 Å². The van der Waals surface area contributed by atoms with Gasteiger partial charge in [0.15, 0.2) is 0 Å². The molecule has 0 saturated carbocycles. The Bertz CT molecular complexity index is 893. The number of hydrogen-bond donors (Lipinski definition) is 1. The molecule has 8 heteroatoms. The largest absolute Gasteiger partial charge is 0.340 e. The van der Waals surface area contributed by atoms with Gasteiger partial charge in [-0.1, -0.05) is 6.07 Å². The Labute approximate surface area is 158 Å². The lowest BCUT2D eigenvalue weighted by molar-refractivity contribution is 0.0796. The molecule has 0 atom stereocenters. The van der Waals surface area contributed by atoms with Crippen molar-refractivity contribution >= 4 is 27.3 Å². The van der Waals surface area contributed by atoms with Gasteiger partial charge in [-0.2, -0.15) is 4.31 Å². The maximum atomic E-state index is 13.0. The molecule has 1 aromatic heterocycles. The monoisotopic (exact) mass is 393 g/mol. The van der Waals surface area contributed by atoms with Gasteiger partial charge in [0, 0.05) is 43.7 Å². The van der Waals surface area contributed by atoms with Crippen molar-refractivity contribution in [2.24, 2.45) is 0 Å². The van der Waals surface area contributed by atoms with Crippen molar-refractivity contribution in [3.05, 3.63) is 51.7 Å². The van der Waals surface area contributed by atoms with Crippen LogP contribution in [0, 0.1) is 0 Å². The molecule has 0 fully saturated rings. The minimum atomic E-state index is -3.63. The maximum Gasteiger partial charge on any atom is 0.253 e. The van der Waals surface area contributed by atoms with Gasteiger partial charge in [-0.05, 0) is 48.7 Å². The van der Waals surface area contributed by atoms with Crippen molar-refractivity contribution in [1.29, 1.82) is 0 Å². The van der Waals surface area contributed by atoms with Crippen LogP contribution in [0.5, 0.6) is 0 Å². The van der Waals surface area contributed by atoms with E-state index in [1.807, 2.05) is 18.5 Å². The van der Waals surface area contributed by atoms with Crippen LogP contribution in [-0.4, -0.2) is 57.3 Å². The van der Waals surface area contributed by atoms with Crippen molar-refractivity contribution in [1.82, 2.24) is 14.5 Å². The summed E-state index contributed by atoms with van der Waals surface area (Å²) in [4.78, 5) is 15.5. The maximum absolute atomic E-state index is 13.0. The number of likely N-dealkylation sites (N-methyl/N-ethyl adjacent to an activating group) is 2. The first-order chi connectivity index (χ1) is 12.4. The Hall–Kier alpha value is -1.74. The Morgan fingerprint density at radius 3 is 2.92 bits per heavy atom. The lowest BCUT2D eigenvalue weighted by Gasteiger charge is -2.26. The van der Waals surface area contributed by atoms with Crippen LogP contribution in [0.2, 0.25) is 0 Å². The van der Waals surface area contributed by atoms with Gasteiger partial charge < -0.3 is 10.2 Å². The first kappa shape index (κ1) is 19.0. The van der Waals surface area contributed by atoms with Crippen LogP contribution in [0.4, 0.5) is 0 Å². The molecular formula is C18H23N3O3S2. The fourth-order valence-corrected chi connectivity index (χ4v) is 5.32. The molecule has 0 bridgehead atoms. The third-order valence-electron chi connectivity index (χ3n) is 4.54. The van der Waals surface area contributed by atoms with Crippen LogP contribution < -0.4 is 5.32 Å². The molecule has 0 radical (unpaired) electrons. The van der Waals surface area contributed by atoms with Crippen LogP contribution >= 0.6 is 11.3 Å². The molecule has 2 heterocycles. The molecule has 0 spiro atoms. The molecular weight excluding hydrogens is 370 g/mol. The molecule has 1 N–H and O–H groups in total. The molecule has 0 aliphatic carbocycles. The number of carbonyl (C=O) groups is 1. The van der Waals surface area contributed by atoms with Crippen molar-refractivity contribution in [2.75, 3.05) is 33.7 Å². The van der Waals surface area contributed by atoms with Gasteiger partial charge in [-0.15, -0.1) is 11.3 Å². The quantitative estimate of drug-likeness (QED) is 0.812. The highest BCUT2D eigenvalue weighted by molar-refractivity contribution is 7.89. The summed E-state index contributed by atoms with van der Waals surface area (Å²) in [5, 5.41) is 4.99. The highest BCUT2D eigenvalue weighted by Gasteiger charge is 2.29. The number of fused-ring (bicyclic) bond motifs is 1. The molecule has 3 rings (SSSR count). The normalized spacial score (nSPS) is 14.8. The summed E-state index contributed by atoms with van der Waals surface area (Å²) in [7, 11) is -0.0921. The number of nitrogens with one attached hydrogen (secondary N) is 1. The zero-order valence-electron chi connectivity index (χ0n) is 14.9. The van der Waals surface area contributed by atoms with E-state index in [4.69, 9.17) is 0 Å². The highest BCUT2D eigenvalue weighted by atomic mass is 32.2. The molecule has 2 aromatic rings. The molecule has 1 aromatic carbocycles. The molecule has 1 aliphatic rings. The standard InChI is InChI=1S/C18H23N3O3S2/c1-19-8-10-20(2)18(22)14-4-3-5-16(12-14)26(23,24)21-9-6-17-15(13-21)7-11-25-17/h3-5,7,11-12,19H,6,8-10,13H2,1-2H3. The number of rotatable bonds is 6. The average Bonchev–Trinajstić information content (AvgIpc) is 3.13. The average molecular weight is 394 g/mol. The van der Waals surface area contributed by atoms with Gasteiger partial charge >= 0.3 is 0 Å². The van der Waals surface area contributed by atoms with E-state index in [2.05, 4.69) is 5.32 Å². The highest BCUT2D eigenvalue weighted by Crippen LogP contribution is 2.28. The van der Waals surface area contributed by atoms with Crippen LogP contribution in [0.1, 0.15) is 20.8 Å². The predicted molar refractivity (Wildman–Crippen MR) is 103 cm³/mol. The third kappa shape index (κ3) is 3.83. The second kappa shape index (κ2) is 7.87. The summed E-state index contributed by atoms with van der Waals surface area (Å²) < 4.78 is 27.6. The van der Waals surface area contributed by atoms with Gasteiger partial charge in [0.1, 0.15) is 0 Å². The molecule has 0 unspecified atom stereocenters. The smallest absolute Gasteiger partial charge is 0.253 e. The number of thiophene rings is 1. The van der Waals surface area contributed by atoms with E-state index in [1.54, 1.807) is 41.5 Å². The summed E-state index contributed by atoms with van der Waals surface area (Å²) in [6, 6.07) is 8.31. The first-order valence-corrected chi connectivity index (χ1v) is 10.8. The summed E-state index contributed by atoms with van der Waals surface area (Å²) in [6.45, 7) is 2.09. The number of amides is 1.